The fourth-order valence-electron chi connectivity index (χ4n) is 3.82. The van der Waals surface area contributed by atoms with Gasteiger partial charge in [-0.15, -0.1) is 0 Å². The zero-order chi connectivity index (χ0) is 17.1. The van der Waals surface area contributed by atoms with E-state index in [9.17, 15) is 4.79 Å². The molecule has 0 aromatic carbocycles. The standard InChI is InChI=1S/C17H29N5O2/c1-12(17(23)18-10-16-7-5-9-24-16)21-8-4-6-15(21)11-22-14(3)19-13(2)20-22/h12,15-16H,4-11H2,1-3H3,(H,18,23). The highest BCUT2D eigenvalue weighted by molar-refractivity contribution is 5.81. The van der Waals surface area contributed by atoms with Crippen molar-refractivity contribution >= 4 is 5.91 Å². The number of aromatic nitrogens is 3. The molecule has 1 aromatic rings. The summed E-state index contributed by atoms with van der Waals surface area (Å²) in [5.41, 5.74) is 0. The van der Waals surface area contributed by atoms with Crippen LogP contribution < -0.4 is 5.32 Å². The third kappa shape index (κ3) is 3.95. The molecule has 1 N–H and O–H groups in total. The smallest absolute Gasteiger partial charge is 0.237 e. The van der Waals surface area contributed by atoms with Gasteiger partial charge in [0.05, 0.1) is 18.7 Å². The molecule has 7 nitrogen and oxygen atoms in total. The maximum absolute atomic E-state index is 12.5. The monoisotopic (exact) mass is 335 g/mol. The molecule has 1 amide bonds. The van der Waals surface area contributed by atoms with Crippen molar-refractivity contribution in [1.82, 2.24) is 25.0 Å². The van der Waals surface area contributed by atoms with Crippen LogP contribution in [0.25, 0.3) is 0 Å². The predicted octanol–water partition coefficient (Wildman–Crippen LogP) is 1.04. The minimum atomic E-state index is -0.121. The van der Waals surface area contributed by atoms with Crippen LogP contribution in [0.1, 0.15) is 44.3 Å². The van der Waals surface area contributed by atoms with Crippen LogP contribution in [0, 0.1) is 13.8 Å². The van der Waals surface area contributed by atoms with E-state index in [-0.39, 0.29) is 18.1 Å². The zero-order valence-corrected chi connectivity index (χ0v) is 15.0. The number of hydrogen-bond donors (Lipinski definition) is 1. The maximum Gasteiger partial charge on any atom is 0.237 e. The van der Waals surface area contributed by atoms with Gasteiger partial charge in [-0.1, -0.05) is 0 Å². The molecule has 7 heteroatoms. The highest BCUT2D eigenvalue weighted by Gasteiger charge is 2.33. The van der Waals surface area contributed by atoms with Crippen molar-refractivity contribution in [2.24, 2.45) is 0 Å². The molecule has 24 heavy (non-hydrogen) atoms. The molecule has 2 saturated heterocycles. The number of likely N-dealkylation sites (tertiary alicyclic amines) is 1. The Labute approximate surface area is 143 Å². The Morgan fingerprint density at radius 1 is 1.38 bits per heavy atom. The van der Waals surface area contributed by atoms with Crippen molar-refractivity contribution in [1.29, 1.82) is 0 Å². The molecule has 2 aliphatic rings. The molecule has 3 heterocycles. The van der Waals surface area contributed by atoms with E-state index >= 15 is 0 Å². The first kappa shape index (κ1) is 17.4. The van der Waals surface area contributed by atoms with Gasteiger partial charge in [0, 0.05) is 19.2 Å². The molecule has 3 unspecified atom stereocenters. The number of carbonyl (C=O) groups is 1. The lowest BCUT2D eigenvalue weighted by Gasteiger charge is -2.30. The Kier molecular flexibility index (Phi) is 5.50. The van der Waals surface area contributed by atoms with Crippen molar-refractivity contribution in [2.45, 2.75) is 71.2 Å². The molecular weight excluding hydrogens is 306 g/mol. The number of ether oxygens (including phenoxy) is 1. The van der Waals surface area contributed by atoms with Crippen LogP contribution in [0.3, 0.4) is 0 Å². The van der Waals surface area contributed by atoms with Crippen LogP contribution in [0.2, 0.25) is 0 Å². The lowest BCUT2D eigenvalue weighted by atomic mass is 10.1. The van der Waals surface area contributed by atoms with Gasteiger partial charge in [-0.05, 0) is 53.0 Å². The maximum atomic E-state index is 12.5. The van der Waals surface area contributed by atoms with Crippen LogP contribution >= 0.6 is 0 Å². The topological polar surface area (TPSA) is 72.3 Å². The van der Waals surface area contributed by atoms with Gasteiger partial charge in [-0.25, -0.2) is 9.67 Å². The molecule has 2 fully saturated rings. The summed E-state index contributed by atoms with van der Waals surface area (Å²) in [6, 6.07) is 0.220. The van der Waals surface area contributed by atoms with Gasteiger partial charge in [0.15, 0.2) is 0 Å². The van der Waals surface area contributed by atoms with E-state index in [1.807, 2.05) is 25.5 Å². The number of carbonyl (C=O) groups excluding carboxylic acids is 1. The first-order chi connectivity index (χ1) is 11.5. The highest BCUT2D eigenvalue weighted by Crippen LogP contribution is 2.22. The molecule has 2 aliphatic heterocycles. The third-order valence-corrected chi connectivity index (χ3v) is 5.17. The molecule has 134 valence electrons. The van der Waals surface area contributed by atoms with Crippen LogP contribution in [0.4, 0.5) is 0 Å². The summed E-state index contributed by atoms with van der Waals surface area (Å²) in [6.07, 6.45) is 4.56. The first-order valence-electron chi connectivity index (χ1n) is 9.07. The number of nitrogens with one attached hydrogen (secondary N) is 1. The molecule has 3 atom stereocenters. The Morgan fingerprint density at radius 2 is 2.21 bits per heavy atom. The molecule has 0 radical (unpaired) electrons. The summed E-state index contributed by atoms with van der Waals surface area (Å²) >= 11 is 0. The Hall–Kier alpha value is -1.47. The van der Waals surface area contributed by atoms with Crippen molar-refractivity contribution in [3.63, 3.8) is 0 Å². The molecular formula is C17H29N5O2. The van der Waals surface area contributed by atoms with Gasteiger partial charge in [0.1, 0.15) is 11.6 Å². The van der Waals surface area contributed by atoms with Crippen LogP contribution in [0.15, 0.2) is 0 Å². The highest BCUT2D eigenvalue weighted by atomic mass is 16.5. The SMILES string of the molecule is Cc1nc(C)n(CC2CCCN2C(C)C(=O)NCC2CCCO2)n1. The fraction of sp³-hybridized carbons (Fsp3) is 0.824. The third-order valence-electron chi connectivity index (χ3n) is 5.17. The molecule has 0 aliphatic carbocycles. The number of amides is 1. The average molecular weight is 335 g/mol. The predicted molar refractivity (Wildman–Crippen MR) is 90.7 cm³/mol. The zero-order valence-electron chi connectivity index (χ0n) is 15.0. The molecule has 0 bridgehead atoms. The fourth-order valence-corrected chi connectivity index (χ4v) is 3.82. The summed E-state index contributed by atoms with van der Waals surface area (Å²) in [5.74, 6) is 1.85. The molecule has 0 saturated carbocycles. The van der Waals surface area contributed by atoms with Gasteiger partial charge in [-0.3, -0.25) is 9.69 Å². The number of aryl methyl sites for hydroxylation is 2. The quantitative estimate of drug-likeness (QED) is 0.841. The van der Waals surface area contributed by atoms with Crippen LogP contribution in [-0.2, 0) is 16.1 Å². The minimum Gasteiger partial charge on any atom is -0.376 e. The number of hydrogen-bond acceptors (Lipinski definition) is 5. The summed E-state index contributed by atoms with van der Waals surface area (Å²) in [5, 5.41) is 7.52. The van der Waals surface area contributed by atoms with Crippen LogP contribution in [0.5, 0.6) is 0 Å². The normalized spacial score (nSPS) is 26.0. The van der Waals surface area contributed by atoms with E-state index in [1.54, 1.807) is 0 Å². The van der Waals surface area contributed by atoms with E-state index in [0.29, 0.717) is 12.6 Å². The second kappa shape index (κ2) is 7.61. The van der Waals surface area contributed by atoms with Crippen molar-refractivity contribution in [3.8, 4) is 0 Å². The Bertz CT molecular complexity index is 567. The summed E-state index contributed by atoms with van der Waals surface area (Å²) < 4.78 is 7.54. The summed E-state index contributed by atoms with van der Waals surface area (Å²) in [6.45, 7) is 9.11. The van der Waals surface area contributed by atoms with Crippen LogP contribution in [-0.4, -0.2) is 63.5 Å². The van der Waals surface area contributed by atoms with Gasteiger partial charge < -0.3 is 10.1 Å². The number of rotatable bonds is 6. The van der Waals surface area contributed by atoms with Gasteiger partial charge in [0.25, 0.3) is 0 Å². The van der Waals surface area contributed by atoms with Crippen molar-refractivity contribution in [3.05, 3.63) is 11.6 Å². The van der Waals surface area contributed by atoms with E-state index in [2.05, 4.69) is 20.3 Å². The average Bonchev–Trinajstić information content (AvgIpc) is 3.27. The number of nitrogens with zero attached hydrogens (tertiary/aromatic N) is 4. The molecule has 0 spiro atoms. The lowest BCUT2D eigenvalue weighted by Crippen LogP contribution is -2.49. The minimum absolute atomic E-state index is 0.101. The van der Waals surface area contributed by atoms with Gasteiger partial charge in [0.2, 0.25) is 5.91 Å². The molecule has 1 aromatic heterocycles. The van der Waals surface area contributed by atoms with Crippen molar-refractivity contribution in [2.75, 3.05) is 19.7 Å². The molecule has 3 rings (SSSR count). The lowest BCUT2D eigenvalue weighted by molar-refractivity contribution is -0.126. The van der Waals surface area contributed by atoms with E-state index in [0.717, 1.165) is 57.0 Å². The largest absolute Gasteiger partial charge is 0.376 e. The summed E-state index contributed by atoms with van der Waals surface area (Å²) in [7, 11) is 0. The second-order valence-electron chi connectivity index (χ2n) is 6.98. The summed E-state index contributed by atoms with van der Waals surface area (Å²) in [4.78, 5) is 19.2. The Balaban J connectivity index is 1.55. The first-order valence-corrected chi connectivity index (χ1v) is 9.07. The van der Waals surface area contributed by atoms with Gasteiger partial charge >= 0.3 is 0 Å². The second-order valence-corrected chi connectivity index (χ2v) is 6.98. The van der Waals surface area contributed by atoms with Crippen molar-refractivity contribution < 1.29 is 9.53 Å². The van der Waals surface area contributed by atoms with E-state index in [4.69, 9.17) is 4.74 Å². The van der Waals surface area contributed by atoms with Gasteiger partial charge in [-0.2, -0.15) is 5.10 Å². The Morgan fingerprint density at radius 3 is 2.88 bits per heavy atom. The van der Waals surface area contributed by atoms with E-state index < -0.39 is 0 Å². The van der Waals surface area contributed by atoms with E-state index in [1.165, 1.54) is 0 Å².